The highest BCUT2D eigenvalue weighted by Crippen LogP contribution is 2.65. The molecule has 7 rings (SSSR count). The normalized spacial score (nSPS) is 32.7. The van der Waals surface area contributed by atoms with Crippen LogP contribution >= 0.6 is 0 Å². The summed E-state index contributed by atoms with van der Waals surface area (Å²) in [6.07, 6.45) is 5.68. The van der Waals surface area contributed by atoms with Gasteiger partial charge in [-0.1, -0.05) is 42.5 Å². The van der Waals surface area contributed by atoms with E-state index in [-0.39, 0.29) is 47.9 Å². The van der Waals surface area contributed by atoms with Gasteiger partial charge in [0, 0.05) is 0 Å². The minimum atomic E-state index is -0.352. The molecular formula is C25H21NO4. The zero-order chi connectivity index (χ0) is 20.4. The van der Waals surface area contributed by atoms with Gasteiger partial charge in [-0.25, -0.2) is 0 Å². The average molecular weight is 399 g/mol. The average Bonchev–Trinajstić information content (AvgIpc) is 3.53. The Morgan fingerprint density at radius 3 is 2.07 bits per heavy atom. The number of rotatable bonds is 4. The molecule has 2 aromatic rings. The van der Waals surface area contributed by atoms with Crippen molar-refractivity contribution in [1.29, 1.82) is 0 Å². The fourth-order valence-electron chi connectivity index (χ4n) is 5.80. The number of esters is 1. The van der Waals surface area contributed by atoms with Crippen molar-refractivity contribution in [1.82, 2.24) is 0 Å². The van der Waals surface area contributed by atoms with Crippen molar-refractivity contribution in [2.24, 2.45) is 35.5 Å². The van der Waals surface area contributed by atoms with E-state index >= 15 is 0 Å². The lowest BCUT2D eigenvalue weighted by Crippen LogP contribution is -2.40. The first-order valence-electron chi connectivity index (χ1n) is 10.5. The quantitative estimate of drug-likeness (QED) is 0.342. The second-order valence-electron chi connectivity index (χ2n) is 8.80. The van der Waals surface area contributed by atoms with Crippen molar-refractivity contribution in [3.05, 3.63) is 72.3 Å². The van der Waals surface area contributed by atoms with E-state index in [1.807, 2.05) is 30.3 Å². The van der Waals surface area contributed by atoms with E-state index in [4.69, 9.17) is 4.74 Å². The smallest absolute Gasteiger partial charge is 0.315 e. The molecule has 5 aliphatic rings. The lowest BCUT2D eigenvalue weighted by molar-refractivity contribution is -0.133. The number of imide groups is 1. The first kappa shape index (κ1) is 17.6. The van der Waals surface area contributed by atoms with Crippen LogP contribution < -0.4 is 9.64 Å². The third-order valence-corrected chi connectivity index (χ3v) is 7.18. The second kappa shape index (κ2) is 6.39. The predicted molar refractivity (Wildman–Crippen MR) is 109 cm³/mol. The van der Waals surface area contributed by atoms with Crippen molar-refractivity contribution < 1.29 is 19.1 Å². The molecule has 2 aromatic carbocycles. The van der Waals surface area contributed by atoms with Gasteiger partial charge in [0.15, 0.2) is 0 Å². The lowest BCUT2D eigenvalue weighted by Gasteiger charge is -2.37. The summed E-state index contributed by atoms with van der Waals surface area (Å²) < 4.78 is 5.41. The SMILES string of the molecule is O=C(Cc1ccccc1)Oc1ccc(N2C(=O)[C@@H]3[C@H]4C=C[C@@H]([C@@H]5C[C@H]45)[C@@H]3C2=O)cc1. The molecule has 3 fully saturated rings. The Hall–Kier alpha value is -3.21. The molecule has 0 N–H and O–H groups in total. The van der Waals surface area contributed by atoms with Crippen molar-refractivity contribution in [2.45, 2.75) is 12.8 Å². The van der Waals surface area contributed by atoms with Crippen molar-refractivity contribution in [3.8, 4) is 5.75 Å². The molecule has 1 saturated heterocycles. The van der Waals surface area contributed by atoms with E-state index in [1.54, 1.807) is 24.3 Å². The molecule has 1 aliphatic heterocycles. The van der Waals surface area contributed by atoms with Crippen LogP contribution in [0.4, 0.5) is 5.69 Å². The molecule has 5 heteroatoms. The Kier molecular flexibility index (Phi) is 3.76. The number of carbonyl (C=O) groups excluding carboxylic acids is 3. The molecule has 2 saturated carbocycles. The molecular weight excluding hydrogens is 378 g/mol. The molecule has 150 valence electrons. The summed E-state index contributed by atoms with van der Waals surface area (Å²) in [5.41, 5.74) is 1.44. The first-order valence-corrected chi connectivity index (χ1v) is 10.5. The van der Waals surface area contributed by atoms with Crippen molar-refractivity contribution in [3.63, 3.8) is 0 Å². The molecule has 0 spiro atoms. The highest BCUT2D eigenvalue weighted by molar-refractivity contribution is 6.22. The summed E-state index contributed by atoms with van der Waals surface area (Å²) >= 11 is 0. The van der Waals surface area contributed by atoms with Crippen LogP contribution in [0.5, 0.6) is 5.75 Å². The summed E-state index contributed by atoms with van der Waals surface area (Å²) in [6.45, 7) is 0. The molecule has 0 unspecified atom stereocenters. The van der Waals surface area contributed by atoms with Gasteiger partial charge in [-0.15, -0.1) is 0 Å². The Bertz CT molecular complexity index is 1040. The third kappa shape index (κ3) is 2.58. The van der Waals surface area contributed by atoms with Gasteiger partial charge in [-0.2, -0.15) is 0 Å². The molecule has 1 heterocycles. The third-order valence-electron chi connectivity index (χ3n) is 7.18. The molecule has 0 radical (unpaired) electrons. The van der Waals surface area contributed by atoms with Gasteiger partial charge in [0.2, 0.25) is 11.8 Å². The van der Waals surface area contributed by atoms with Gasteiger partial charge in [-0.3, -0.25) is 19.3 Å². The number of anilines is 1. The molecule has 5 nitrogen and oxygen atoms in total. The minimum absolute atomic E-state index is 0.0801. The largest absolute Gasteiger partial charge is 0.426 e. The van der Waals surface area contributed by atoms with Crippen LogP contribution in [-0.4, -0.2) is 17.8 Å². The fraction of sp³-hybridized carbons (Fsp3) is 0.320. The van der Waals surface area contributed by atoms with Gasteiger partial charge in [0.25, 0.3) is 0 Å². The molecule has 2 amide bonds. The summed E-state index contributed by atoms with van der Waals surface area (Å²) in [5, 5.41) is 0. The molecule has 6 atom stereocenters. The summed E-state index contributed by atoms with van der Waals surface area (Å²) in [5.74, 6) is 1.07. The van der Waals surface area contributed by atoms with Crippen molar-refractivity contribution in [2.75, 3.05) is 4.90 Å². The standard InChI is InChI=1S/C25H21NO4/c27-21(12-14-4-2-1-3-5-14)30-16-8-6-15(7-9-16)26-24(28)22-17-10-11-18(20-13-19(17)20)23(22)25(26)29/h1-11,17-20,22-23H,12-13H2/t17-,18-,19-,20+,22-,23+/m0/s1. The number of hydrogen-bond donors (Lipinski definition) is 0. The molecule has 2 bridgehead atoms. The zero-order valence-corrected chi connectivity index (χ0v) is 16.3. The van der Waals surface area contributed by atoms with E-state index in [1.165, 1.54) is 4.90 Å². The van der Waals surface area contributed by atoms with Crippen LogP contribution in [0.3, 0.4) is 0 Å². The minimum Gasteiger partial charge on any atom is -0.426 e. The molecule has 0 aromatic heterocycles. The maximum Gasteiger partial charge on any atom is 0.315 e. The number of amides is 2. The number of benzene rings is 2. The number of carbonyl (C=O) groups is 3. The highest BCUT2D eigenvalue weighted by Gasteiger charge is 2.67. The van der Waals surface area contributed by atoms with E-state index in [0.717, 1.165) is 12.0 Å². The Labute approximate surface area is 174 Å². The lowest BCUT2D eigenvalue weighted by atomic mass is 9.63. The van der Waals surface area contributed by atoms with E-state index < -0.39 is 0 Å². The Morgan fingerprint density at radius 1 is 0.867 bits per heavy atom. The van der Waals surface area contributed by atoms with Crippen LogP contribution in [0.25, 0.3) is 0 Å². The fourth-order valence-corrected chi connectivity index (χ4v) is 5.80. The van der Waals surface area contributed by atoms with Gasteiger partial charge >= 0.3 is 5.97 Å². The maximum absolute atomic E-state index is 13.2. The van der Waals surface area contributed by atoms with Crippen LogP contribution in [0, 0.1) is 35.5 Å². The molecule has 4 aliphatic carbocycles. The van der Waals surface area contributed by atoms with Crippen molar-refractivity contribution >= 4 is 23.5 Å². The molecule has 30 heavy (non-hydrogen) atoms. The van der Waals surface area contributed by atoms with Crippen LogP contribution in [0.2, 0.25) is 0 Å². The monoisotopic (exact) mass is 399 g/mol. The zero-order valence-electron chi connectivity index (χ0n) is 16.3. The van der Waals surface area contributed by atoms with Crippen LogP contribution in [0.15, 0.2) is 66.7 Å². The van der Waals surface area contributed by atoms with Gasteiger partial charge in [0.1, 0.15) is 5.75 Å². The number of allylic oxidation sites excluding steroid dienone is 2. The second-order valence-corrected chi connectivity index (χ2v) is 8.80. The van der Waals surface area contributed by atoms with E-state index in [0.29, 0.717) is 23.3 Å². The topological polar surface area (TPSA) is 63.7 Å². The van der Waals surface area contributed by atoms with E-state index in [2.05, 4.69) is 12.2 Å². The Morgan fingerprint density at radius 2 is 1.47 bits per heavy atom. The van der Waals surface area contributed by atoms with Gasteiger partial charge < -0.3 is 4.74 Å². The Balaban J connectivity index is 1.18. The highest BCUT2D eigenvalue weighted by atomic mass is 16.5. The number of ether oxygens (including phenoxy) is 1. The van der Waals surface area contributed by atoms with E-state index in [9.17, 15) is 14.4 Å². The number of hydrogen-bond acceptors (Lipinski definition) is 4. The summed E-state index contributed by atoms with van der Waals surface area (Å²) in [4.78, 5) is 39.8. The van der Waals surface area contributed by atoms with Crippen LogP contribution in [0.1, 0.15) is 12.0 Å². The predicted octanol–water partition coefficient (Wildman–Crippen LogP) is 3.39. The van der Waals surface area contributed by atoms with Crippen LogP contribution in [-0.2, 0) is 20.8 Å². The first-order chi connectivity index (χ1) is 14.6. The summed E-state index contributed by atoms with van der Waals surface area (Å²) in [6, 6.07) is 16.1. The summed E-state index contributed by atoms with van der Waals surface area (Å²) in [7, 11) is 0. The van der Waals surface area contributed by atoms with Gasteiger partial charge in [0.05, 0.1) is 23.9 Å². The maximum atomic E-state index is 13.2. The number of nitrogens with zero attached hydrogens (tertiary/aromatic N) is 1. The van der Waals surface area contributed by atoms with Gasteiger partial charge in [-0.05, 0) is 59.9 Å².